The van der Waals surface area contributed by atoms with E-state index in [9.17, 15) is 9.18 Å². The number of hydrogen-bond donors (Lipinski definition) is 2. The Kier molecular flexibility index (Phi) is 6.38. The van der Waals surface area contributed by atoms with Crippen molar-refractivity contribution in [2.45, 2.75) is 68.5 Å². The Hall–Kier alpha value is -2.80. The van der Waals surface area contributed by atoms with Crippen LogP contribution in [0.2, 0.25) is 0 Å². The van der Waals surface area contributed by atoms with Gasteiger partial charge in [-0.1, -0.05) is 18.6 Å². The number of methoxy groups -OCH3 is 2. The number of benzene rings is 2. The molecule has 0 aromatic heterocycles. The summed E-state index contributed by atoms with van der Waals surface area (Å²) in [6.45, 7) is 1.09. The maximum atomic E-state index is 13.5. The van der Waals surface area contributed by atoms with E-state index >= 15 is 0 Å². The van der Waals surface area contributed by atoms with Gasteiger partial charge in [-0.2, -0.15) is 0 Å². The molecule has 2 amide bonds. The molecule has 3 aliphatic rings. The number of likely N-dealkylation sites (tertiary alicyclic amines) is 1. The summed E-state index contributed by atoms with van der Waals surface area (Å²) >= 11 is 0. The molecular formula is C27H34FN3O3. The van der Waals surface area contributed by atoms with Gasteiger partial charge in [-0.3, -0.25) is 4.90 Å². The number of halogens is 1. The standard InChI is InChI=1S/C27H34FN3O3/c1-33-23-10-9-18(15-24(23)34-2)27-12-11-21(17-25(27)31(14-13-27)22-7-4-8-22)30-26(32)29-20-6-3-5-19(28)16-20/h3,5-6,9-10,15-16,21-22,25H,4,7-8,11-14,17H2,1-2H3,(H2,29,30,32)/t21-,25+,27-/m0/s1. The van der Waals surface area contributed by atoms with Crippen molar-refractivity contribution < 1.29 is 18.7 Å². The number of ether oxygens (including phenoxy) is 2. The zero-order valence-electron chi connectivity index (χ0n) is 20.0. The zero-order valence-corrected chi connectivity index (χ0v) is 20.0. The van der Waals surface area contributed by atoms with Gasteiger partial charge in [-0.15, -0.1) is 0 Å². The lowest BCUT2D eigenvalue weighted by Gasteiger charge is -2.48. The van der Waals surface area contributed by atoms with E-state index in [4.69, 9.17) is 9.47 Å². The molecule has 2 aliphatic carbocycles. The molecule has 1 saturated heterocycles. The summed E-state index contributed by atoms with van der Waals surface area (Å²) in [6.07, 6.45) is 7.75. The fraction of sp³-hybridized carbons (Fsp3) is 0.519. The van der Waals surface area contributed by atoms with E-state index in [1.807, 2.05) is 6.07 Å². The molecule has 3 fully saturated rings. The second-order valence-corrected chi connectivity index (χ2v) is 9.89. The first kappa shape index (κ1) is 23.0. The molecule has 34 heavy (non-hydrogen) atoms. The summed E-state index contributed by atoms with van der Waals surface area (Å²) in [5.74, 6) is 1.15. The van der Waals surface area contributed by atoms with Crippen LogP contribution in [-0.4, -0.2) is 49.8 Å². The Morgan fingerprint density at radius 3 is 2.59 bits per heavy atom. The molecule has 182 valence electrons. The second kappa shape index (κ2) is 9.45. The van der Waals surface area contributed by atoms with E-state index in [2.05, 4.69) is 27.7 Å². The van der Waals surface area contributed by atoms with E-state index in [-0.39, 0.29) is 23.3 Å². The van der Waals surface area contributed by atoms with Gasteiger partial charge in [0.15, 0.2) is 11.5 Å². The van der Waals surface area contributed by atoms with Crippen molar-refractivity contribution in [2.75, 3.05) is 26.1 Å². The Labute approximate surface area is 200 Å². The van der Waals surface area contributed by atoms with E-state index in [0.717, 1.165) is 43.7 Å². The number of nitrogens with one attached hydrogen (secondary N) is 2. The van der Waals surface area contributed by atoms with Crippen LogP contribution in [-0.2, 0) is 5.41 Å². The summed E-state index contributed by atoms with van der Waals surface area (Å²) in [6, 6.07) is 13.2. The van der Waals surface area contributed by atoms with Crippen LogP contribution in [0.25, 0.3) is 0 Å². The first-order chi connectivity index (χ1) is 16.5. The number of rotatable bonds is 6. The molecule has 0 unspecified atom stereocenters. The van der Waals surface area contributed by atoms with Crippen LogP contribution < -0.4 is 20.1 Å². The van der Waals surface area contributed by atoms with Crippen molar-refractivity contribution in [2.24, 2.45) is 0 Å². The fourth-order valence-electron chi connectivity index (χ4n) is 6.27. The van der Waals surface area contributed by atoms with E-state index in [1.54, 1.807) is 26.4 Å². The molecule has 5 rings (SSSR count). The molecule has 2 saturated carbocycles. The maximum Gasteiger partial charge on any atom is 0.319 e. The molecule has 0 spiro atoms. The molecule has 1 heterocycles. The van der Waals surface area contributed by atoms with Crippen molar-refractivity contribution in [1.82, 2.24) is 10.2 Å². The first-order valence-corrected chi connectivity index (χ1v) is 12.3. The molecule has 2 N–H and O–H groups in total. The molecule has 6 nitrogen and oxygen atoms in total. The van der Waals surface area contributed by atoms with Crippen LogP contribution in [0.1, 0.15) is 50.5 Å². The Balaban J connectivity index is 1.36. The predicted molar refractivity (Wildman–Crippen MR) is 130 cm³/mol. The minimum Gasteiger partial charge on any atom is -0.493 e. The minimum absolute atomic E-state index is 0.0480. The average Bonchev–Trinajstić information content (AvgIpc) is 3.17. The Morgan fingerprint density at radius 2 is 1.88 bits per heavy atom. The van der Waals surface area contributed by atoms with Crippen LogP contribution in [0.15, 0.2) is 42.5 Å². The number of amides is 2. The molecule has 2 aromatic rings. The lowest BCUT2D eigenvalue weighted by molar-refractivity contribution is 0.0646. The molecular weight excluding hydrogens is 433 g/mol. The van der Waals surface area contributed by atoms with Crippen LogP contribution in [0.4, 0.5) is 14.9 Å². The fourth-order valence-corrected chi connectivity index (χ4v) is 6.27. The van der Waals surface area contributed by atoms with Gasteiger partial charge in [-0.05, 0) is 81.0 Å². The highest BCUT2D eigenvalue weighted by molar-refractivity contribution is 5.89. The van der Waals surface area contributed by atoms with Gasteiger partial charge >= 0.3 is 6.03 Å². The topological polar surface area (TPSA) is 62.8 Å². The molecule has 1 aliphatic heterocycles. The highest BCUT2D eigenvalue weighted by atomic mass is 19.1. The number of anilines is 1. The maximum absolute atomic E-state index is 13.5. The Bertz CT molecular complexity index is 1040. The summed E-state index contributed by atoms with van der Waals surface area (Å²) in [4.78, 5) is 15.4. The highest BCUT2D eigenvalue weighted by Gasteiger charge is 2.53. The van der Waals surface area contributed by atoms with Gasteiger partial charge in [0.2, 0.25) is 0 Å². The number of nitrogens with zero attached hydrogens (tertiary/aromatic N) is 1. The minimum atomic E-state index is -0.364. The van der Waals surface area contributed by atoms with Crippen LogP contribution >= 0.6 is 0 Å². The van der Waals surface area contributed by atoms with Crippen LogP contribution in [0.3, 0.4) is 0 Å². The molecule has 7 heteroatoms. The molecule has 3 atom stereocenters. The number of carbonyl (C=O) groups excluding carboxylic acids is 1. The third-order valence-corrected chi connectivity index (χ3v) is 8.22. The lowest BCUT2D eigenvalue weighted by Crippen LogP contribution is -2.55. The van der Waals surface area contributed by atoms with E-state index in [0.29, 0.717) is 17.8 Å². The number of urea groups is 1. The average molecular weight is 468 g/mol. The molecule has 0 radical (unpaired) electrons. The molecule has 0 bridgehead atoms. The van der Waals surface area contributed by atoms with E-state index < -0.39 is 0 Å². The lowest BCUT2D eigenvalue weighted by atomic mass is 9.64. The Morgan fingerprint density at radius 1 is 1.06 bits per heavy atom. The van der Waals surface area contributed by atoms with Crippen molar-refractivity contribution in [1.29, 1.82) is 0 Å². The van der Waals surface area contributed by atoms with Crippen molar-refractivity contribution in [3.05, 3.63) is 53.8 Å². The monoisotopic (exact) mass is 467 g/mol. The van der Waals surface area contributed by atoms with Gasteiger partial charge in [0, 0.05) is 29.2 Å². The third kappa shape index (κ3) is 4.22. The summed E-state index contributed by atoms with van der Waals surface area (Å²) < 4.78 is 24.6. The zero-order chi connectivity index (χ0) is 23.7. The van der Waals surface area contributed by atoms with Crippen LogP contribution in [0.5, 0.6) is 11.5 Å². The van der Waals surface area contributed by atoms with Crippen molar-refractivity contribution in [3.8, 4) is 11.5 Å². The third-order valence-electron chi connectivity index (χ3n) is 8.22. The number of carbonyl (C=O) groups is 1. The predicted octanol–water partition coefficient (Wildman–Crippen LogP) is 5.08. The summed E-state index contributed by atoms with van der Waals surface area (Å²) in [7, 11) is 3.35. The first-order valence-electron chi connectivity index (χ1n) is 12.3. The van der Waals surface area contributed by atoms with Gasteiger partial charge in [-0.25, -0.2) is 9.18 Å². The van der Waals surface area contributed by atoms with E-state index in [1.165, 1.54) is 37.0 Å². The van der Waals surface area contributed by atoms with Crippen LogP contribution in [0, 0.1) is 5.82 Å². The summed E-state index contributed by atoms with van der Waals surface area (Å²) in [5, 5.41) is 5.94. The summed E-state index contributed by atoms with van der Waals surface area (Å²) in [5.41, 5.74) is 1.82. The second-order valence-electron chi connectivity index (χ2n) is 9.89. The van der Waals surface area contributed by atoms with Gasteiger partial charge in [0.05, 0.1) is 14.2 Å². The normalized spacial score (nSPS) is 26.9. The van der Waals surface area contributed by atoms with Crippen molar-refractivity contribution in [3.63, 3.8) is 0 Å². The largest absolute Gasteiger partial charge is 0.493 e. The smallest absolute Gasteiger partial charge is 0.319 e. The van der Waals surface area contributed by atoms with Gasteiger partial charge in [0.25, 0.3) is 0 Å². The highest BCUT2D eigenvalue weighted by Crippen LogP contribution is 2.52. The number of hydrogen-bond acceptors (Lipinski definition) is 4. The molecule has 2 aromatic carbocycles. The number of fused-ring (bicyclic) bond motifs is 1. The van der Waals surface area contributed by atoms with Gasteiger partial charge in [0.1, 0.15) is 5.82 Å². The SMILES string of the molecule is COc1ccc([C@@]23CC[C@H](NC(=O)Nc4cccc(F)c4)C[C@H]2N(C2CCC2)CC3)cc1OC. The quantitative estimate of drug-likeness (QED) is 0.622. The van der Waals surface area contributed by atoms with Gasteiger partial charge < -0.3 is 20.1 Å². The van der Waals surface area contributed by atoms with Crippen molar-refractivity contribution >= 4 is 11.7 Å².